The van der Waals surface area contributed by atoms with Crippen molar-refractivity contribution in [3.8, 4) is 0 Å². The van der Waals surface area contributed by atoms with Crippen molar-refractivity contribution in [2.75, 3.05) is 24.1 Å². The van der Waals surface area contributed by atoms with Gasteiger partial charge in [0.2, 0.25) is 15.9 Å². The lowest BCUT2D eigenvalue weighted by atomic mass is 10.1. The fraction of sp³-hybridized carbons (Fsp3) is 0.692. The van der Waals surface area contributed by atoms with Gasteiger partial charge in [-0.2, -0.15) is 0 Å². The molecule has 2 heterocycles. The van der Waals surface area contributed by atoms with Gasteiger partial charge in [0.25, 0.3) is 0 Å². The summed E-state index contributed by atoms with van der Waals surface area (Å²) in [5.74, 6) is 0.123. The highest BCUT2D eigenvalue weighted by Crippen LogP contribution is 2.37. The van der Waals surface area contributed by atoms with E-state index in [0.29, 0.717) is 31.2 Å². The molecule has 1 aliphatic heterocycles. The Balaban J connectivity index is 1.65. The van der Waals surface area contributed by atoms with Gasteiger partial charge in [-0.05, 0) is 13.3 Å². The minimum Gasteiger partial charge on any atom is -0.378 e. The topological polar surface area (TPSA) is 88.6 Å². The third kappa shape index (κ3) is 3.41. The molecule has 1 N–H and O–H groups in total. The number of hydrogen-bond acceptors (Lipinski definition) is 6. The Morgan fingerprint density at radius 3 is 3.00 bits per heavy atom. The molecule has 1 aromatic rings. The third-order valence-corrected chi connectivity index (χ3v) is 5.44. The zero-order valence-electron chi connectivity index (χ0n) is 12.5. The molecule has 0 saturated heterocycles. The summed E-state index contributed by atoms with van der Waals surface area (Å²) in [5, 5.41) is 0.375. The van der Waals surface area contributed by atoms with Crippen LogP contribution < -0.4 is 4.72 Å². The zero-order chi connectivity index (χ0) is 15.9. The van der Waals surface area contributed by atoms with Crippen LogP contribution in [-0.4, -0.2) is 49.7 Å². The minimum absolute atomic E-state index is 0.0111. The molecule has 1 saturated carbocycles. The summed E-state index contributed by atoms with van der Waals surface area (Å²) in [7, 11) is -3.32. The minimum atomic E-state index is -3.32. The van der Waals surface area contributed by atoms with E-state index in [9.17, 15) is 13.2 Å². The largest absolute Gasteiger partial charge is 0.378 e. The summed E-state index contributed by atoms with van der Waals surface area (Å²) in [6.07, 6.45) is 2.64. The lowest BCUT2D eigenvalue weighted by molar-refractivity contribution is -0.134. The van der Waals surface area contributed by atoms with E-state index in [4.69, 9.17) is 4.74 Å². The smallest absolute Gasteiger partial charge is 0.231 e. The normalized spacial score (nSPS) is 24.0. The summed E-state index contributed by atoms with van der Waals surface area (Å²) in [5.41, 5.74) is 0.886. The maximum Gasteiger partial charge on any atom is 0.231 e. The second-order valence-corrected chi connectivity index (χ2v) is 8.44. The SMILES string of the molecule is CCO[C@@H]1C[C@@H]1C(=O)N1CCc2nc(NS(C)(=O)=O)sc2C1. The number of thiazole rings is 1. The molecule has 122 valence electrons. The standard InChI is InChI=1S/C13H19N3O4S2/c1-3-20-10-6-8(10)12(17)16-5-4-9-11(7-16)21-13(14-9)15-22(2,18)19/h8,10H,3-7H2,1-2H3,(H,14,15)/t8-,10+/m0/s1. The van der Waals surface area contributed by atoms with Crippen LogP contribution in [0.1, 0.15) is 23.9 Å². The summed E-state index contributed by atoms with van der Waals surface area (Å²) in [4.78, 5) is 19.5. The van der Waals surface area contributed by atoms with E-state index in [0.717, 1.165) is 23.2 Å². The van der Waals surface area contributed by atoms with Crippen LogP contribution in [0.15, 0.2) is 0 Å². The van der Waals surface area contributed by atoms with Crippen molar-refractivity contribution in [1.29, 1.82) is 0 Å². The average molecular weight is 345 g/mol. The molecule has 0 unspecified atom stereocenters. The molecule has 1 amide bonds. The second kappa shape index (κ2) is 5.78. The number of nitrogens with zero attached hydrogens (tertiary/aromatic N) is 2. The number of carbonyl (C=O) groups excluding carboxylic acids is 1. The molecule has 2 aliphatic rings. The summed E-state index contributed by atoms with van der Waals surface area (Å²) in [6, 6.07) is 0. The molecule has 1 fully saturated rings. The van der Waals surface area contributed by atoms with Gasteiger partial charge in [0, 0.05) is 24.4 Å². The van der Waals surface area contributed by atoms with Crippen molar-refractivity contribution in [2.24, 2.45) is 5.92 Å². The third-order valence-electron chi connectivity index (χ3n) is 3.75. The van der Waals surface area contributed by atoms with E-state index < -0.39 is 10.0 Å². The maximum atomic E-state index is 12.4. The quantitative estimate of drug-likeness (QED) is 0.854. The first-order valence-corrected chi connectivity index (χ1v) is 9.95. The van der Waals surface area contributed by atoms with Crippen LogP contribution in [0.3, 0.4) is 0 Å². The lowest BCUT2D eigenvalue weighted by Crippen LogP contribution is -2.37. The molecular formula is C13H19N3O4S2. The molecule has 0 spiro atoms. The van der Waals surface area contributed by atoms with Gasteiger partial charge in [0.1, 0.15) is 0 Å². The number of nitrogens with one attached hydrogen (secondary N) is 1. The highest BCUT2D eigenvalue weighted by molar-refractivity contribution is 7.92. The van der Waals surface area contributed by atoms with Crippen molar-refractivity contribution in [2.45, 2.75) is 32.4 Å². The number of carbonyl (C=O) groups is 1. The van der Waals surface area contributed by atoms with Crippen LogP contribution in [0.2, 0.25) is 0 Å². The predicted molar refractivity (Wildman–Crippen MR) is 83.2 cm³/mol. The lowest BCUT2D eigenvalue weighted by Gasteiger charge is -2.26. The first-order valence-electron chi connectivity index (χ1n) is 7.24. The molecule has 1 aliphatic carbocycles. The Morgan fingerprint density at radius 1 is 1.55 bits per heavy atom. The zero-order valence-corrected chi connectivity index (χ0v) is 14.2. The van der Waals surface area contributed by atoms with Crippen LogP contribution in [0.5, 0.6) is 0 Å². The Labute approximate surface area is 133 Å². The van der Waals surface area contributed by atoms with Crippen molar-refractivity contribution in [1.82, 2.24) is 9.88 Å². The first kappa shape index (κ1) is 15.7. The summed E-state index contributed by atoms with van der Waals surface area (Å²) in [6.45, 7) is 3.70. The molecule has 1 aromatic heterocycles. The Kier molecular flexibility index (Phi) is 4.13. The molecule has 0 bridgehead atoms. The Bertz CT molecular complexity index is 685. The predicted octanol–water partition coefficient (Wildman–Crippen LogP) is 0.824. The number of amides is 1. The van der Waals surface area contributed by atoms with Gasteiger partial charge in [-0.1, -0.05) is 11.3 Å². The van der Waals surface area contributed by atoms with Crippen molar-refractivity contribution < 1.29 is 17.9 Å². The van der Waals surface area contributed by atoms with E-state index in [2.05, 4.69) is 9.71 Å². The first-order chi connectivity index (χ1) is 10.4. The molecule has 7 nitrogen and oxygen atoms in total. The van der Waals surface area contributed by atoms with E-state index in [1.165, 1.54) is 11.3 Å². The van der Waals surface area contributed by atoms with Crippen LogP contribution in [0, 0.1) is 5.92 Å². The van der Waals surface area contributed by atoms with Gasteiger partial charge >= 0.3 is 0 Å². The summed E-state index contributed by atoms with van der Waals surface area (Å²) >= 11 is 1.30. The van der Waals surface area contributed by atoms with Gasteiger partial charge in [0.15, 0.2) is 5.13 Å². The fourth-order valence-corrected chi connectivity index (χ4v) is 4.51. The molecular weight excluding hydrogens is 326 g/mol. The summed E-state index contributed by atoms with van der Waals surface area (Å²) < 4.78 is 30.4. The highest BCUT2D eigenvalue weighted by Gasteiger charge is 2.46. The van der Waals surface area contributed by atoms with Crippen LogP contribution in [0.4, 0.5) is 5.13 Å². The molecule has 9 heteroatoms. The van der Waals surface area contributed by atoms with Gasteiger partial charge in [-0.3, -0.25) is 9.52 Å². The van der Waals surface area contributed by atoms with Gasteiger partial charge in [0.05, 0.1) is 30.5 Å². The van der Waals surface area contributed by atoms with Crippen LogP contribution in [-0.2, 0) is 32.5 Å². The van der Waals surface area contributed by atoms with Crippen LogP contribution in [0.25, 0.3) is 0 Å². The number of anilines is 1. The fourth-order valence-electron chi connectivity index (χ4n) is 2.65. The number of rotatable bonds is 5. The molecule has 0 aromatic carbocycles. The van der Waals surface area contributed by atoms with Crippen molar-refractivity contribution >= 4 is 32.4 Å². The number of ether oxygens (including phenoxy) is 1. The van der Waals surface area contributed by atoms with E-state index in [1.807, 2.05) is 11.8 Å². The second-order valence-electron chi connectivity index (χ2n) is 5.61. The van der Waals surface area contributed by atoms with E-state index in [1.54, 1.807) is 0 Å². The number of hydrogen-bond donors (Lipinski definition) is 1. The monoisotopic (exact) mass is 345 g/mol. The number of aromatic nitrogens is 1. The number of sulfonamides is 1. The Hall–Kier alpha value is -1.19. The average Bonchev–Trinajstić information content (AvgIpc) is 3.07. The van der Waals surface area contributed by atoms with Crippen LogP contribution >= 0.6 is 11.3 Å². The number of fused-ring (bicyclic) bond motifs is 1. The van der Waals surface area contributed by atoms with E-state index >= 15 is 0 Å². The molecule has 2 atom stereocenters. The van der Waals surface area contributed by atoms with Gasteiger partial charge in [-0.25, -0.2) is 13.4 Å². The highest BCUT2D eigenvalue weighted by atomic mass is 32.2. The van der Waals surface area contributed by atoms with Crippen molar-refractivity contribution in [3.63, 3.8) is 0 Å². The van der Waals surface area contributed by atoms with E-state index in [-0.39, 0.29) is 17.9 Å². The maximum absolute atomic E-state index is 12.4. The van der Waals surface area contributed by atoms with Crippen molar-refractivity contribution in [3.05, 3.63) is 10.6 Å². The molecule has 0 radical (unpaired) electrons. The van der Waals surface area contributed by atoms with Gasteiger partial charge < -0.3 is 9.64 Å². The molecule has 22 heavy (non-hydrogen) atoms. The Morgan fingerprint density at radius 2 is 2.32 bits per heavy atom. The van der Waals surface area contributed by atoms with Gasteiger partial charge in [-0.15, -0.1) is 0 Å². The molecule has 3 rings (SSSR count).